The van der Waals surface area contributed by atoms with Gasteiger partial charge in [-0.2, -0.15) is 0 Å². The van der Waals surface area contributed by atoms with Crippen LogP contribution in [-0.4, -0.2) is 30.2 Å². The Hall–Kier alpha value is -0.0300. The van der Waals surface area contributed by atoms with E-state index in [0.29, 0.717) is 0 Å². The van der Waals surface area contributed by atoms with Gasteiger partial charge < -0.3 is 16.2 Å². The molecule has 0 aliphatic rings. The Morgan fingerprint density at radius 1 is 1.50 bits per heavy atom. The Balaban J connectivity index is -0.000000605. The lowest BCUT2D eigenvalue weighted by Crippen LogP contribution is -2.25. The maximum atomic E-state index is 10.2. The number of carboxylic acids is 1. The van der Waals surface area contributed by atoms with Crippen molar-refractivity contribution in [1.29, 1.82) is 0 Å². The minimum absolute atomic E-state index is 0. The fourth-order valence-corrected chi connectivity index (χ4v) is 0.992. The Labute approximate surface area is 97.4 Å². The molecule has 0 spiro atoms. The molecule has 0 saturated heterocycles. The van der Waals surface area contributed by atoms with E-state index >= 15 is 0 Å². The van der Waals surface area contributed by atoms with Crippen LogP contribution in [-0.2, 0) is 4.79 Å². The van der Waals surface area contributed by atoms with Crippen LogP contribution in [0.25, 0.3) is 0 Å². The van der Waals surface area contributed by atoms with E-state index in [1.165, 1.54) is 0 Å². The molecular weight excluding hydrogens is 227 g/mol. The van der Waals surface area contributed by atoms with Gasteiger partial charge in [0.05, 0.1) is 6.42 Å². The predicted octanol–water partition coefficient (Wildman–Crippen LogP) is 1.02. The smallest absolute Gasteiger partial charge is 0.304 e. The summed E-state index contributed by atoms with van der Waals surface area (Å²) in [6, 6.07) is -0.193. The van der Waals surface area contributed by atoms with Crippen molar-refractivity contribution in [2.45, 2.75) is 32.2 Å². The van der Waals surface area contributed by atoms with Gasteiger partial charge in [0.15, 0.2) is 0 Å². The van der Waals surface area contributed by atoms with Gasteiger partial charge in [-0.1, -0.05) is 6.92 Å². The number of aliphatic carboxylic acids is 1. The van der Waals surface area contributed by atoms with E-state index in [4.69, 9.17) is 10.8 Å². The van der Waals surface area contributed by atoms with Gasteiger partial charge in [-0.25, -0.2) is 0 Å². The van der Waals surface area contributed by atoms with E-state index in [2.05, 4.69) is 5.32 Å². The fourth-order valence-electron chi connectivity index (χ4n) is 0.992. The quantitative estimate of drug-likeness (QED) is 0.587. The number of hydrogen-bond donors (Lipinski definition) is 3. The largest absolute Gasteiger partial charge is 0.481 e. The Bertz CT molecular complexity index is 137. The predicted molar refractivity (Wildman–Crippen MR) is 62.5 cm³/mol. The lowest BCUT2D eigenvalue weighted by Gasteiger charge is -2.07. The second-order valence-corrected chi connectivity index (χ2v) is 2.85. The lowest BCUT2D eigenvalue weighted by molar-refractivity contribution is -0.137. The molecular formula is C8H20Cl2N2O2. The second-order valence-electron chi connectivity index (χ2n) is 2.85. The minimum atomic E-state index is -0.814. The average molecular weight is 247 g/mol. The summed E-state index contributed by atoms with van der Waals surface area (Å²) < 4.78 is 0. The van der Waals surface area contributed by atoms with E-state index < -0.39 is 5.97 Å². The summed E-state index contributed by atoms with van der Waals surface area (Å²) in [4.78, 5) is 10.2. The number of nitrogens with one attached hydrogen (secondary N) is 1. The molecule has 4 nitrogen and oxygen atoms in total. The fraction of sp³-hybridized carbons (Fsp3) is 0.875. The number of halogens is 2. The summed E-state index contributed by atoms with van der Waals surface area (Å²) in [5, 5.41) is 11.5. The van der Waals surface area contributed by atoms with Crippen LogP contribution in [0, 0.1) is 0 Å². The molecule has 1 atom stereocenters. The van der Waals surface area contributed by atoms with Crippen molar-refractivity contribution >= 4 is 30.8 Å². The summed E-state index contributed by atoms with van der Waals surface area (Å²) >= 11 is 0. The highest BCUT2D eigenvalue weighted by Gasteiger charge is 2.06. The first kappa shape index (κ1) is 19.5. The molecule has 0 aliphatic carbocycles. The molecule has 0 saturated carbocycles. The molecule has 14 heavy (non-hydrogen) atoms. The molecule has 0 heterocycles. The molecule has 0 bridgehead atoms. The highest BCUT2D eigenvalue weighted by atomic mass is 35.5. The third-order valence-corrected chi connectivity index (χ3v) is 1.62. The van der Waals surface area contributed by atoms with Crippen LogP contribution in [0.15, 0.2) is 0 Å². The molecule has 0 amide bonds. The number of nitrogens with two attached hydrogens (primary N) is 1. The van der Waals surface area contributed by atoms with Crippen LogP contribution in [0.3, 0.4) is 0 Å². The number of carboxylic acid groups (broad SMARTS) is 1. The van der Waals surface area contributed by atoms with E-state index in [-0.39, 0.29) is 37.3 Å². The van der Waals surface area contributed by atoms with Crippen LogP contribution in [0.4, 0.5) is 0 Å². The monoisotopic (exact) mass is 246 g/mol. The summed E-state index contributed by atoms with van der Waals surface area (Å²) in [5.41, 5.74) is 5.55. The zero-order chi connectivity index (χ0) is 9.40. The van der Waals surface area contributed by atoms with Crippen molar-refractivity contribution in [2.75, 3.05) is 13.1 Å². The molecule has 0 aliphatic heterocycles. The van der Waals surface area contributed by atoms with Gasteiger partial charge in [0.2, 0.25) is 0 Å². The normalized spacial score (nSPS) is 11.0. The molecule has 6 heteroatoms. The van der Waals surface area contributed by atoms with E-state index in [0.717, 1.165) is 25.9 Å². The summed E-state index contributed by atoms with van der Waals surface area (Å²) in [6.45, 7) is 3.91. The lowest BCUT2D eigenvalue weighted by atomic mass is 10.1. The molecule has 0 aromatic rings. The van der Waals surface area contributed by atoms with E-state index in [9.17, 15) is 4.79 Å². The SMILES string of the molecule is CCNCCCC(N)CC(=O)O.Cl.Cl. The molecule has 1 unspecified atom stereocenters. The molecule has 0 fully saturated rings. The Kier molecular flexibility index (Phi) is 18.1. The van der Waals surface area contributed by atoms with Gasteiger partial charge in [-0.3, -0.25) is 4.79 Å². The third kappa shape index (κ3) is 14.5. The van der Waals surface area contributed by atoms with Crippen molar-refractivity contribution < 1.29 is 9.90 Å². The summed E-state index contributed by atoms with van der Waals surface area (Å²) in [6.07, 6.45) is 1.80. The van der Waals surface area contributed by atoms with Gasteiger partial charge in [0.1, 0.15) is 0 Å². The average Bonchev–Trinajstić information content (AvgIpc) is 1.97. The first-order valence-corrected chi connectivity index (χ1v) is 4.35. The Morgan fingerprint density at radius 2 is 2.07 bits per heavy atom. The highest BCUT2D eigenvalue weighted by Crippen LogP contribution is 1.97. The number of carbonyl (C=O) groups is 1. The molecule has 88 valence electrons. The molecule has 0 radical (unpaired) electrons. The first-order valence-electron chi connectivity index (χ1n) is 4.35. The van der Waals surface area contributed by atoms with Crippen molar-refractivity contribution in [2.24, 2.45) is 5.73 Å². The molecule has 4 N–H and O–H groups in total. The zero-order valence-electron chi connectivity index (χ0n) is 8.36. The van der Waals surface area contributed by atoms with Gasteiger partial charge >= 0.3 is 5.97 Å². The van der Waals surface area contributed by atoms with Crippen molar-refractivity contribution in [1.82, 2.24) is 5.32 Å². The Morgan fingerprint density at radius 3 is 2.50 bits per heavy atom. The zero-order valence-corrected chi connectivity index (χ0v) is 10.00. The van der Waals surface area contributed by atoms with Crippen LogP contribution in [0.5, 0.6) is 0 Å². The summed E-state index contributed by atoms with van der Waals surface area (Å²) in [5.74, 6) is -0.814. The van der Waals surface area contributed by atoms with Crippen LogP contribution >= 0.6 is 24.8 Å². The van der Waals surface area contributed by atoms with E-state index in [1.807, 2.05) is 6.92 Å². The first-order chi connectivity index (χ1) is 5.66. The number of rotatable bonds is 7. The van der Waals surface area contributed by atoms with Gasteiger partial charge in [-0.15, -0.1) is 24.8 Å². The highest BCUT2D eigenvalue weighted by molar-refractivity contribution is 5.85. The van der Waals surface area contributed by atoms with Gasteiger partial charge in [-0.05, 0) is 25.9 Å². The van der Waals surface area contributed by atoms with Gasteiger partial charge in [0, 0.05) is 6.04 Å². The maximum Gasteiger partial charge on any atom is 0.304 e. The van der Waals surface area contributed by atoms with Crippen molar-refractivity contribution in [3.8, 4) is 0 Å². The standard InChI is InChI=1S/C8H18N2O2.2ClH/c1-2-10-5-3-4-7(9)6-8(11)12;;/h7,10H,2-6,9H2,1H3,(H,11,12);2*1H. The number of hydrogen-bond acceptors (Lipinski definition) is 3. The topological polar surface area (TPSA) is 75.3 Å². The van der Waals surface area contributed by atoms with Crippen LogP contribution in [0.2, 0.25) is 0 Å². The van der Waals surface area contributed by atoms with Crippen LogP contribution in [0.1, 0.15) is 26.2 Å². The van der Waals surface area contributed by atoms with Gasteiger partial charge in [0.25, 0.3) is 0 Å². The van der Waals surface area contributed by atoms with E-state index in [1.54, 1.807) is 0 Å². The third-order valence-electron chi connectivity index (χ3n) is 1.62. The summed E-state index contributed by atoms with van der Waals surface area (Å²) in [7, 11) is 0. The molecule has 0 aromatic carbocycles. The van der Waals surface area contributed by atoms with Crippen molar-refractivity contribution in [3.63, 3.8) is 0 Å². The minimum Gasteiger partial charge on any atom is -0.481 e. The maximum absolute atomic E-state index is 10.2. The second kappa shape index (κ2) is 13.0. The van der Waals surface area contributed by atoms with Crippen LogP contribution < -0.4 is 11.1 Å². The van der Waals surface area contributed by atoms with Crippen molar-refractivity contribution in [3.05, 3.63) is 0 Å². The molecule has 0 aromatic heterocycles. The molecule has 0 rings (SSSR count).